The van der Waals surface area contributed by atoms with Gasteiger partial charge in [0, 0.05) is 11.1 Å². The lowest BCUT2D eigenvalue weighted by Gasteiger charge is -2.01. The average Bonchev–Trinajstić information content (AvgIpc) is 2.31. The molecule has 0 unspecified atom stereocenters. The first-order valence-electron chi connectivity index (χ1n) is 5.01. The van der Waals surface area contributed by atoms with Gasteiger partial charge in [-0.2, -0.15) is 0 Å². The van der Waals surface area contributed by atoms with Crippen molar-refractivity contribution in [1.29, 1.82) is 0 Å². The summed E-state index contributed by atoms with van der Waals surface area (Å²) in [7, 11) is 0. The van der Waals surface area contributed by atoms with E-state index in [9.17, 15) is 4.79 Å². The molecule has 0 fully saturated rings. The van der Waals surface area contributed by atoms with Crippen LogP contribution in [0.25, 0.3) is 6.08 Å². The van der Waals surface area contributed by atoms with Gasteiger partial charge in [-0.1, -0.05) is 38.1 Å². The van der Waals surface area contributed by atoms with Crippen LogP contribution in [0.1, 0.15) is 36.7 Å². The second-order valence-corrected chi connectivity index (χ2v) is 2.56. The van der Waals surface area contributed by atoms with Gasteiger partial charge in [-0.05, 0) is 19.7 Å². The minimum Gasteiger partial charge on any atom is -0.298 e. The minimum absolute atomic E-state index is 0.575. The zero-order valence-corrected chi connectivity index (χ0v) is 9.53. The molecule has 0 aromatic heterocycles. The highest BCUT2D eigenvalue weighted by Crippen LogP contribution is 2.23. The third-order valence-electron chi connectivity index (χ3n) is 1.73. The first kappa shape index (κ1) is 13.3. The molecule has 0 aliphatic rings. The Bertz CT molecular complexity index is 354. The molecule has 1 aromatic carbocycles. The van der Waals surface area contributed by atoms with E-state index in [1.165, 1.54) is 0 Å². The molecule has 2 nitrogen and oxygen atoms in total. The highest BCUT2D eigenvalue weighted by molar-refractivity contribution is 5.87. The van der Waals surface area contributed by atoms with Crippen LogP contribution in [0.3, 0.4) is 0 Å². The zero-order valence-electron chi connectivity index (χ0n) is 9.53. The largest absolute Gasteiger partial charge is 0.298 e. The Labute approximate surface area is 91.4 Å². The van der Waals surface area contributed by atoms with Gasteiger partial charge in [0.25, 0.3) is 0 Å². The van der Waals surface area contributed by atoms with Crippen LogP contribution in [-0.4, -0.2) is 13.0 Å². The number of carbonyl (C=O) groups excluding carboxylic acids is 1. The molecule has 0 N–H and O–H groups in total. The number of allylic oxidation sites excluding steroid dienone is 1. The maximum absolute atomic E-state index is 10.6. The number of para-hydroxylation sites is 1. The van der Waals surface area contributed by atoms with Crippen LogP contribution in [0, 0.1) is 0 Å². The molecule has 0 bridgehead atoms. The van der Waals surface area contributed by atoms with Crippen molar-refractivity contribution in [1.82, 2.24) is 0 Å². The topological polar surface area (TPSA) is 29.4 Å². The van der Waals surface area contributed by atoms with Crippen molar-refractivity contribution in [3.63, 3.8) is 0 Å². The Morgan fingerprint density at radius 2 is 1.87 bits per heavy atom. The molecule has 0 saturated heterocycles. The molecule has 0 heterocycles. The van der Waals surface area contributed by atoms with Crippen molar-refractivity contribution in [2.75, 3.05) is 0 Å². The summed E-state index contributed by atoms with van der Waals surface area (Å²) in [6, 6.07) is 5.45. The van der Waals surface area contributed by atoms with Crippen molar-refractivity contribution in [2.24, 2.45) is 4.99 Å². The summed E-state index contributed by atoms with van der Waals surface area (Å²) in [6.45, 7) is 9.36. The number of aliphatic imine (C=N–C) groups is 1. The van der Waals surface area contributed by atoms with E-state index in [-0.39, 0.29) is 0 Å². The van der Waals surface area contributed by atoms with Gasteiger partial charge in [-0.25, -0.2) is 0 Å². The predicted octanol–water partition coefficient (Wildman–Crippen LogP) is 3.89. The van der Waals surface area contributed by atoms with Gasteiger partial charge in [0.2, 0.25) is 0 Å². The van der Waals surface area contributed by atoms with E-state index in [1.807, 2.05) is 45.1 Å². The van der Waals surface area contributed by atoms with Crippen LogP contribution in [0.2, 0.25) is 0 Å². The Morgan fingerprint density at radius 3 is 2.33 bits per heavy atom. The van der Waals surface area contributed by atoms with Gasteiger partial charge >= 0.3 is 0 Å². The molecule has 2 heteroatoms. The number of nitrogens with zero attached hydrogens (tertiary/aromatic N) is 1. The van der Waals surface area contributed by atoms with Gasteiger partial charge in [0.15, 0.2) is 6.29 Å². The van der Waals surface area contributed by atoms with Crippen LogP contribution in [0.5, 0.6) is 0 Å². The van der Waals surface area contributed by atoms with Gasteiger partial charge in [0.05, 0.1) is 5.69 Å². The fraction of sp³-hybridized carbons (Fsp3) is 0.231. The number of aldehydes is 1. The lowest BCUT2D eigenvalue weighted by atomic mass is 10.1. The van der Waals surface area contributed by atoms with Gasteiger partial charge in [-0.15, -0.1) is 0 Å². The summed E-state index contributed by atoms with van der Waals surface area (Å²) in [5, 5.41) is 0. The van der Waals surface area contributed by atoms with Crippen molar-refractivity contribution in [3.05, 3.63) is 35.4 Å². The molecule has 1 aromatic rings. The number of hydrogen-bond donors (Lipinski definition) is 0. The Balaban J connectivity index is 0.000000921. The first-order valence-corrected chi connectivity index (χ1v) is 5.01. The molecule has 0 radical (unpaired) electrons. The molecule has 1 rings (SSSR count). The maximum atomic E-state index is 10.6. The Hall–Kier alpha value is -1.70. The van der Waals surface area contributed by atoms with E-state index in [1.54, 1.807) is 6.07 Å². The average molecular weight is 203 g/mol. The van der Waals surface area contributed by atoms with Crippen LogP contribution < -0.4 is 0 Å². The van der Waals surface area contributed by atoms with Crippen molar-refractivity contribution >= 4 is 24.8 Å². The first-order chi connectivity index (χ1) is 7.33. The molecule has 0 spiro atoms. The molecular formula is C13H17NO. The molecule has 15 heavy (non-hydrogen) atoms. The second-order valence-electron chi connectivity index (χ2n) is 2.56. The fourth-order valence-corrected chi connectivity index (χ4v) is 1.17. The maximum Gasteiger partial charge on any atom is 0.152 e. The van der Waals surface area contributed by atoms with E-state index in [0.717, 1.165) is 11.8 Å². The molecule has 0 aliphatic heterocycles. The van der Waals surface area contributed by atoms with Crippen molar-refractivity contribution in [2.45, 2.75) is 20.8 Å². The van der Waals surface area contributed by atoms with Crippen LogP contribution in [0.15, 0.2) is 29.3 Å². The second kappa shape index (κ2) is 7.68. The van der Waals surface area contributed by atoms with Crippen LogP contribution in [0.4, 0.5) is 5.69 Å². The van der Waals surface area contributed by atoms with Gasteiger partial charge in [0.1, 0.15) is 0 Å². The normalized spacial score (nSPS) is 9.27. The van der Waals surface area contributed by atoms with Gasteiger partial charge < -0.3 is 0 Å². The van der Waals surface area contributed by atoms with E-state index < -0.39 is 0 Å². The van der Waals surface area contributed by atoms with E-state index >= 15 is 0 Å². The van der Waals surface area contributed by atoms with Crippen molar-refractivity contribution < 1.29 is 4.79 Å². The number of carbonyl (C=O) groups is 1. The third-order valence-corrected chi connectivity index (χ3v) is 1.73. The number of rotatable bonds is 3. The summed E-state index contributed by atoms with van der Waals surface area (Å²) < 4.78 is 0. The lowest BCUT2D eigenvalue weighted by molar-refractivity contribution is 0.112. The molecule has 80 valence electrons. The third kappa shape index (κ3) is 3.50. The molecule has 0 atom stereocenters. The Kier molecular flexibility index (Phi) is 6.81. The monoisotopic (exact) mass is 203 g/mol. The minimum atomic E-state index is 0.575. The number of hydrogen-bond acceptors (Lipinski definition) is 2. The highest BCUT2D eigenvalue weighted by atomic mass is 16.1. The highest BCUT2D eigenvalue weighted by Gasteiger charge is 2.02. The lowest BCUT2D eigenvalue weighted by Crippen LogP contribution is -1.83. The zero-order chi connectivity index (χ0) is 11.7. The van der Waals surface area contributed by atoms with E-state index in [0.29, 0.717) is 11.3 Å². The molecule has 0 aliphatic carbocycles. The fourth-order valence-electron chi connectivity index (χ4n) is 1.17. The summed E-state index contributed by atoms with van der Waals surface area (Å²) >= 11 is 0. The van der Waals surface area contributed by atoms with E-state index in [4.69, 9.17) is 0 Å². The van der Waals surface area contributed by atoms with Crippen LogP contribution in [-0.2, 0) is 0 Å². The number of benzene rings is 1. The quantitative estimate of drug-likeness (QED) is 0.541. The summed E-state index contributed by atoms with van der Waals surface area (Å²) in [4.78, 5) is 14.5. The summed E-state index contributed by atoms with van der Waals surface area (Å²) in [6.07, 6.45) is 4.59. The molecular weight excluding hydrogens is 186 g/mol. The standard InChI is InChI=1S/C11H11NO.C2H6/c1-3-5-9-6-4-7-10(8-13)11(9)12-2;1-2/h3-8H,2H2,1H3;1-2H3/b5-3-;. The molecule has 0 saturated carbocycles. The van der Waals surface area contributed by atoms with Gasteiger partial charge in [-0.3, -0.25) is 9.79 Å². The predicted molar refractivity (Wildman–Crippen MR) is 67.1 cm³/mol. The van der Waals surface area contributed by atoms with Crippen molar-refractivity contribution in [3.8, 4) is 0 Å². The van der Waals surface area contributed by atoms with E-state index in [2.05, 4.69) is 11.7 Å². The summed E-state index contributed by atoms with van der Waals surface area (Å²) in [5.41, 5.74) is 2.14. The molecule has 0 amide bonds. The smallest absolute Gasteiger partial charge is 0.152 e. The summed E-state index contributed by atoms with van der Waals surface area (Å²) in [5.74, 6) is 0. The Morgan fingerprint density at radius 1 is 1.27 bits per heavy atom. The SMILES string of the molecule is C=Nc1c(C=O)cccc1/C=C\C.CC. The van der Waals surface area contributed by atoms with Crippen LogP contribution >= 0.6 is 0 Å².